The van der Waals surface area contributed by atoms with E-state index in [1.807, 2.05) is 6.20 Å². The molecule has 22 heavy (non-hydrogen) atoms. The predicted molar refractivity (Wildman–Crippen MR) is 91.8 cm³/mol. The number of rotatable bonds is 7. The van der Waals surface area contributed by atoms with Crippen molar-refractivity contribution in [2.75, 3.05) is 32.6 Å². The molecule has 2 aromatic rings. The lowest BCUT2D eigenvalue weighted by Crippen LogP contribution is -2.15. The Labute approximate surface area is 132 Å². The van der Waals surface area contributed by atoms with Gasteiger partial charge in [0.2, 0.25) is 5.88 Å². The number of hydrogen-bond acceptors (Lipinski definition) is 4. The van der Waals surface area contributed by atoms with E-state index in [9.17, 15) is 0 Å². The zero-order valence-electron chi connectivity index (χ0n) is 13.7. The van der Waals surface area contributed by atoms with E-state index >= 15 is 0 Å². The molecule has 1 N–H and O–H groups in total. The van der Waals surface area contributed by atoms with Gasteiger partial charge in [0.05, 0.1) is 6.61 Å². The molecular formula is C18H25N3O. The van der Waals surface area contributed by atoms with Gasteiger partial charge in [-0.3, -0.25) is 0 Å². The van der Waals surface area contributed by atoms with Crippen molar-refractivity contribution in [1.29, 1.82) is 0 Å². The van der Waals surface area contributed by atoms with Crippen LogP contribution in [0.15, 0.2) is 24.4 Å². The number of nitrogens with zero attached hydrogens (tertiary/aromatic N) is 2. The molecule has 1 heterocycles. The minimum atomic E-state index is 0.641. The van der Waals surface area contributed by atoms with Gasteiger partial charge in [-0.1, -0.05) is 6.07 Å². The molecule has 0 amide bonds. The highest BCUT2D eigenvalue weighted by atomic mass is 16.5. The maximum absolute atomic E-state index is 5.93. The Balaban J connectivity index is 1.83. The Morgan fingerprint density at radius 3 is 2.86 bits per heavy atom. The van der Waals surface area contributed by atoms with Crippen molar-refractivity contribution >= 4 is 16.5 Å². The molecule has 1 fully saturated rings. The molecule has 4 nitrogen and oxygen atoms in total. The molecule has 0 radical (unpaired) electrons. The first kappa shape index (κ1) is 15.1. The number of fused-ring (bicyclic) bond motifs is 1. The van der Waals surface area contributed by atoms with Crippen molar-refractivity contribution < 1.29 is 4.74 Å². The molecule has 0 aliphatic heterocycles. The van der Waals surface area contributed by atoms with Crippen LogP contribution in [-0.2, 0) is 0 Å². The summed E-state index contributed by atoms with van der Waals surface area (Å²) in [7, 11) is 4.16. The second-order valence-electron chi connectivity index (χ2n) is 6.40. The SMILES string of the molecule is Cc1cnc(OCCCN(C)C)c2cccc(NC3CC3)c12. The Morgan fingerprint density at radius 2 is 2.14 bits per heavy atom. The highest BCUT2D eigenvalue weighted by molar-refractivity contribution is 5.99. The largest absolute Gasteiger partial charge is 0.477 e. The third kappa shape index (κ3) is 3.50. The van der Waals surface area contributed by atoms with Gasteiger partial charge in [-0.05, 0) is 58.0 Å². The van der Waals surface area contributed by atoms with Crippen molar-refractivity contribution in [3.05, 3.63) is 30.0 Å². The summed E-state index contributed by atoms with van der Waals surface area (Å²) in [6.45, 7) is 3.84. The Hall–Kier alpha value is -1.81. The molecule has 0 atom stereocenters. The van der Waals surface area contributed by atoms with Crippen molar-refractivity contribution in [2.45, 2.75) is 32.2 Å². The summed E-state index contributed by atoms with van der Waals surface area (Å²) in [4.78, 5) is 6.66. The monoisotopic (exact) mass is 299 g/mol. The molecule has 0 saturated heterocycles. The molecule has 1 aliphatic rings. The molecule has 1 aliphatic carbocycles. The van der Waals surface area contributed by atoms with Crippen LogP contribution < -0.4 is 10.1 Å². The highest BCUT2D eigenvalue weighted by Crippen LogP contribution is 2.34. The fourth-order valence-corrected chi connectivity index (χ4v) is 2.68. The van der Waals surface area contributed by atoms with Crippen LogP contribution in [0.2, 0.25) is 0 Å². The highest BCUT2D eigenvalue weighted by Gasteiger charge is 2.22. The molecule has 0 unspecified atom stereocenters. The van der Waals surface area contributed by atoms with E-state index < -0.39 is 0 Å². The third-order valence-corrected chi connectivity index (χ3v) is 3.99. The second kappa shape index (κ2) is 6.53. The topological polar surface area (TPSA) is 37.4 Å². The third-order valence-electron chi connectivity index (χ3n) is 3.99. The van der Waals surface area contributed by atoms with E-state index in [4.69, 9.17) is 4.74 Å². The lowest BCUT2D eigenvalue weighted by molar-refractivity contribution is 0.276. The lowest BCUT2D eigenvalue weighted by atomic mass is 10.1. The van der Waals surface area contributed by atoms with Crippen LogP contribution in [0.3, 0.4) is 0 Å². The van der Waals surface area contributed by atoms with Crippen molar-refractivity contribution in [1.82, 2.24) is 9.88 Å². The summed E-state index contributed by atoms with van der Waals surface area (Å²) in [6.07, 6.45) is 5.47. The number of pyridine rings is 1. The predicted octanol–water partition coefficient (Wildman–Crippen LogP) is 3.45. The first-order valence-electron chi connectivity index (χ1n) is 8.07. The van der Waals surface area contributed by atoms with E-state index in [0.717, 1.165) is 24.2 Å². The smallest absolute Gasteiger partial charge is 0.221 e. The van der Waals surface area contributed by atoms with E-state index in [1.165, 1.54) is 29.5 Å². The van der Waals surface area contributed by atoms with Crippen LogP contribution in [0.5, 0.6) is 5.88 Å². The van der Waals surface area contributed by atoms with Crippen molar-refractivity contribution in [3.8, 4) is 5.88 Å². The minimum absolute atomic E-state index is 0.641. The molecule has 1 saturated carbocycles. The van der Waals surface area contributed by atoms with Gasteiger partial charge < -0.3 is 15.0 Å². The number of anilines is 1. The Kier molecular flexibility index (Phi) is 4.48. The van der Waals surface area contributed by atoms with Gasteiger partial charge in [0.15, 0.2) is 0 Å². The lowest BCUT2D eigenvalue weighted by Gasteiger charge is -2.15. The molecule has 1 aromatic carbocycles. The number of aryl methyl sites for hydroxylation is 1. The molecule has 4 heteroatoms. The van der Waals surface area contributed by atoms with Crippen LogP contribution in [0.1, 0.15) is 24.8 Å². The molecule has 118 valence electrons. The fourth-order valence-electron chi connectivity index (χ4n) is 2.68. The van der Waals surface area contributed by atoms with Gasteiger partial charge in [-0.2, -0.15) is 0 Å². The van der Waals surface area contributed by atoms with Crippen molar-refractivity contribution in [3.63, 3.8) is 0 Å². The maximum atomic E-state index is 5.93. The Morgan fingerprint density at radius 1 is 1.32 bits per heavy atom. The molecule has 0 spiro atoms. The number of nitrogens with one attached hydrogen (secondary N) is 1. The zero-order chi connectivity index (χ0) is 15.5. The van der Waals surface area contributed by atoms with Gasteiger partial charge >= 0.3 is 0 Å². The molecular weight excluding hydrogens is 274 g/mol. The molecule has 0 bridgehead atoms. The quantitative estimate of drug-likeness (QED) is 0.795. The number of ether oxygens (including phenoxy) is 1. The summed E-state index contributed by atoms with van der Waals surface area (Å²) in [5, 5.41) is 5.97. The maximum Gasteiger partial charge on any atom is 0.221 e. The van der Waals surface area contributed by atoms with Gasteiger partial charge in [0, 0.05) is 35.2 Å². The summed E-state index contributed by atoms with van der Waals surface area (Å²) in [5.41, 5.74) is 2.40. The van der Waals surface area contributed by atoms with E-state index in [0.29, 0.717) is 12.6 Å². The summed E-state index contributed by atoms with van der Waals surface area (Å²) < 4.78 is 5.93. The Bertz CT molecular complexity index is 650. The molecule has 1 aromatic heterocycles. The van der Waals surface area contributed by atoms with Crippen LogP contribution >= 0.6 is 0 Å². The fraction of sp³-hybridized carbons (Fsp3) is 0.500. The summed E-state index contributed by atoms with van der Waals surface area (Å²) in [5.74, 6) is 0.749. The first-order valence-corrected chi connectivity index (χ1v) is 8.07. The normalized spacial score (nSPS) is 14.5. The van der Waals surface area contributed by atoms with Gasteiger partial charge in [-0.25, -0.2) is 4.98 Å². The minimum Gasteiger partial charge on any atom is -0.477 e. The summed E-state index contributed by atoms with van der Waals surface area (Å²) >= 11 is 0. The van der Waals surface area contributed by atoms with Crippen LogP contribution in [-0.4, -0.2) is 43.2 Å². The number of hydrogen-bond donors (Lipinski definition) is 1. The average molecular weight is 299 g/mol. The molecule has 3 rings (SSSR count). The van der Waals surface area contributed by atoms with Crippen LogP contribution in [0.25, 0.3) is 10.8 Å². The zero-order valence-corrected chi connectivity index (χ0v) is 13.7. The van der Waals surface area contributed by atoms with Crippen molar-refractivity contribution in [2.24, 2.45) is 0 Å². The van der Waals surface area contributed by atoms with Crippen LogP contribution in [0.4, 0.5) is 5.69 Å². The first-order chi connectivity index (χ1) is 10.6. The van der Waals surface area contributed by atoms with Gasteiger partial charge in [-0.15, -0.1) is 0 Å². The van der Waals surface area contributed by atoms with E-state index in [1.54, 1.807) is 0 Å². The van der Waals surface area contributed by atoms with Gasteiger partial charge in [0.25, 0.3) is 0 Å². The van der Waals surface area contributed by atoms with E-state index in [-0.39, 0.29) is 0 Å². The average Bonchev–Trinajstić information content (AvgIpc) is 3.29. The van der Waals surface area contributed by atoms with E-state index in [2.05, 4.69) is 54.4 Å². The standard InChI is InChI=1S/C18H25N3O/c1-13-12-19-18(22-11-5-10-21(2)3)15-6-4-7-16(17(13)15)20-14-8-9-14/h4,6-7,12,14,20H,5,8-11H2,1-3H3. The second-order valence-corrected chi connectivity index (χ2v) is 6.40. The van der Waals surface area contributed by atoms with Gasteiger partial charge in [0.1, 0.15) is 0 Å². The number of aromatic nitrogens is 1. The van der Waals surface area contributed by atoms with Crippen LogP contribution in [0, 0.1) is 6.92 Å². The summed E-state index contributed by atoms with van der Waals surface area (Å²) in [6, 6.07) is 6.99. The number of benzene rings is 1.